The van der Waals surface area contributed by atoms with Gasteiger partial charge in [-0.2, -0.15) is 0 Å². The predicted octanol–water partition coefficient (Wildman–Crippen LogP) is 5.62. The molecule has 0 aromatic rings. The zero-order valence-corrected chi connectivity index (χ0v) is 15.8. The zero-order chi connectivity index (χ0) is 16.1. The van der Waals surface area contributed by atoms with Crippen LogP contribution in [-0.4, -0.2) is 34.2 Å². The van der Waals surface area contributed by atoms with Crippen LogP contribution in [0.2, 0.25) is 0 Å². The predicted molar refractivity (Wildman–Crippen MR) is 101 cm³/mol. The first-order chi connectivity index (χ1) is 11.3. The average molecular weight is 335 g/mol. The lowest BCUT2D eigenvalue weighted by molar-refractivity contribution is -0.0985. The molecular weight excluding hydrogens is 300 g/mol. The maximum atomic E-state index is 4.89. The summed E-state index contributed by atoms with van der Waals surface area (Å²) in [6.45, 7) is 3.46. The van der Waals surface area contributed by atoms with E-state index in [1.165, 1.54) is 83.5 Å². The molecule has 0 N–H and O–H groups in total. The van der Waals surface area contributed by atoms with Gasteiger partial charge >= 0.3 is 0 Å². The molecule has 0 aromatic carbocycles. The van der Waals surface area contributed by atoms with E-state index >= 15 is 0 Å². The van der Waals surface area contributed by atoms with E-state index in [9.17, 15) is 0 Å². The number of hydrogen-bond donors (Lipinski definition) is 0. The molecule has 0 radical (unpaired) electrons. The van der Waals surface area contributed by atoms with Gasteiger partial charge in [0, 0.05) is 18.1 Å². The van der Waals surface area contributed by atoms with E-state index in [1.807, 2.05) is 0 Å². The Bertz CT molecular complexity index is 431. The number of nitrogens with zero attached hydrogens (tertiary/aromatic N) is 2. The van der Waals surface area contributed by atoms with Gasteiger partial charge in [0.15, 0.2) is 0 Å². The summed E-state index contributed by atoms with van der Waals surface area (Å²) in [7, 11) is 0. The van der Waals surface area contributed by atoms with Crippen molar-refractivity contribution in [2.45, 2.75) is 108 Å². The molecule has 1 aliphatic carbocycles. The molecule has 23 heavy (non-hydrogen) atoms. The van der Waals surface area contributed by atoms with Crippen molar-refractivity contribution in [3.05, 3.63) is 0 Å². The molecule has 0 bridgehead atoms. The first-order valence-corrected chi connectivity index (χ1v) is 10.5. The van der Waals surface area contributed by atoms with Gasteiger partial charge in [0.25, 0.3) is 0 Å². The molecule has 0 aromatic heterocycles. The van der Waals surface area contributed by atoms with Crippen LogP contribution in [0, 0.1) is 5.92 Å². The summed E-state index contributed by atoms with van der Waals surface area (Å²) in [5, 5.41) is 2.66. The number of thiocarbonyl (C=S) groups is 1. The molecule has 3 fully saturated rings. The van der Waals surface area contributed by atoms with E-state index in [-0.39, 0.29) is 0 Å². The second kappa shape index (κ2) is 8.23. The van der Waals surface area contributed by atoms with Crippen molar-refractivity contribution in [3.8, 4) is 0 Å². The van der Waals surface area contributed by atoms with Crippen LogP contribution >= 0.6 is 12.2 Å². The third-order valence-electron chi connectivity index (χ3n) is 6.98. The van der Waals surface area contributed by atoms with Gasteiger partial charge in [-0.15, -0.1) is 0 Å². The number of rotatable bonds is 6. The normalized spacial score (nSPS) is 37.5. The Balaban J connectivity index is 1.72. The molecule has 130 valence electrons. The van der Waals surface area contributed by atoms with Crippen LogP contribution in [0.5, 0.6) is 0 Å². The van der Waals surface area contributed by atoms with Gasteiger partial charge in [-0.25, -0.2) is 4.99 Å². The Morgan fingerprint density at radius 3 is 2.83 bits per heavy atom. The fourth-order valence-corrected chi connectivity index (χ4v) is 5.97. The van der Waals surface area contributed by atoms with Gasteiger partial charge in [0.1, 0.15) is 0 Å². The van der Waals surface area contributed by atoms with E-state index in [4.69, 9.17) is 12.2 Å². The third kappa shape index (κ3) is 3.72. The van der Waals surface area contributed by atoms with Gasteiger partial charge in [-0.1, -0.05) is 45.4 Å². The van der Waals surface area contributed by atoms with Gasteiger partial charge in [-0.3, -0.25) is 4.90 Å². The minimum absolute atomic E-state index is 0.414. The summed E-state index contributed by atoms with van der Waals surface area (Å²) in [5.41, 5.74) is 0.527. The standard InChI is InChI=1S/C20H34N2S/c1-2-3-4-5-9-19-11-10-17-8-6-7-13-20(17)14-12-18(21-16-23)15-22(19)20/h17-19H,2-15H2,1H3/t17-,18+,19-,20-/m1/s1. The minimum Gasteiger partial charge on any atom is -0.292 e. The number of hydrogen-bond acceptors (Lipinski definition) is 3. The first-order valence-electron chi connectivity index (χ1n) is 10.1. The lowest BCUT2D eigenvalue weighted by atomic mass is 9.62. The molecule has 1 spiro atoms. The average Bonchev–Trinajstić information content (AvgIpc) is 2.58. The monoisotopic (exact) mass is 334 g/mol. The molecule has 0 unspecified atom stereocenters. The SMILES string of the molecule is CCCCCC[C@@H]1CC[C@H]2CCCC[C@@]23CC[C@H](N=C=S)CN13. The fraction of sp³-hybridized carbons (Fsp3) is 0.950. The highest BCUT2D eigenvalue weighted by Gasteiger charge is 2.52. The summed E-state index contributed by atoms with van der Waals surface area (Å²) in [4.78, 5) is 7.42. The topological polar surface area (TPSA) is 15.6 Å². The summed E-state index contributed by atoms with van der Waals surface area (Å²) >= 11 is 4.89. The maximum absolute atomic E-state index is 4.89. The molecule has 4 atom stereocenters. The van der Waals surface area contributed by atoms with Crippen molar-refractivity contribution in [3.63, 3.8) is 0 Å². The van der Waals surface area contributed by atoms with Crippen molar-refractivity contribution in [1.29, 1.82) is 0 Å². The van der Waals surface area contributed by atoms with Crippen molar-refractivity contribution in [1.82, 2.24) is 4.90 Å². The Morgan fingerprint density at radius 1 is 1.09 bits per heavy atom. The lowest BCUT2D eigenvalue weighted by Gasteiger charge is -2.61. The number of isothiocyanates is 1. The lowest BCUT2D eigenvalue weighted by Crippen LogP contribution is -2.65. The van der Waals surface area contributed by atoms with Crippen LogP contribution in [0.1, 0.15) is 90.4 Å². The molecule has 3 heteroatoms. The number of unbranched alkanes of at least 4 members (excludes halogenated alkanes) is 3. The number of piperidine rings is 2. The summed E-state index contributed by atoms with van der Waals surface area (Å²) in [6, 6.07) is 1.22. The van der Waals surface area contributed by atoms with E-state index in [2.05, 4.69) is 22.0 Å². The van der Waals surface area contributed by atoms with Crippen molar-refractivity contribution < 1.29 is 0 Å². The van der Waals surface area contributed by atoms with Crippen molar-refractivity contribution in [2.75, 3.05) is 6.54 Å². The van der Waals surface area contributed by atoms with Crippen LogP contribution in [0.25, 0.3) is 0 Å². The molecule has 2 aliphatic heterocycles. The Kier molecular flexibility index (Phi) is 6.29. The van der Waals surface area contributed by atoms with E-state index in [1.54, 1.807) is 0 Å². The van der Waals surface area contributed by atoms with E-state index < -0.39 is 0 Å². The highest BCUT2D eigenvalue weighted by atomic mass is 32.1. The quantitative estimate of drug-likeness (QED) is 0.356. The summed E-state index contributed by atoms with van der Waals surface area (Å²) < 4.78 is 0. The molecule has 0 amide bonds. The largest absolute Gasteiger partial charge is 0.292 e. The Hall–Kier alpha value is -0.240. The van der Waals surface area contributed by atoms with Gasteiger partial charge in [0.05, 0.1) is 11.2 Å². The second-order valence-electron chi connectivity index (χ2n) is 8.19. The Morgan fingerprint density at radius 2 is 2.00 bits per heavy atom. The highest BCUT2D eigenvalue weighted by Crippen LogP contribution is 2.51. The smallest absolute Gasteiger partial charge is 0.0730 e. The van der Waals surface area contributed by atoms with E-state index in [0.717, 1.165) is 18.5 Å². The third-order valence-corrected chi connectivity index (χ3v) is 7.08. The molecule has 3 aliphatic rings. The number of aliphatic imine (C=N–C) groups is 1. The van der Waals surface area contributed by atoms with Crippen LogP contribution in [-0.2, 0) is 0 Å². The molecule has 2 heterocycles. The molecule has 2 nitrogen and oxygen atoms in total. The van der Waals surface area contributed by atoms with Gasteiger partial charge < -0.3 is 0 Å². The van der Waals surface area contributed by atoms with Gasteiger partial charge in [0.2, 0.25) is 0 Å². The fourth-order valence-electron chi connectivity index (χ4n) is 5.82. The maximum Gasteiger partial charge on any atom is 0.0730 e. The minimum atomic E-state index is 0.414. The summed E-state index contributed by atoms with van der Waals surface area (Å²) in [6.07, 6.45) is 18.3. The zero-order valence-electron chi connectivity index (χ0n) is 14.9. The van der Waals surface area contributed by atoms with E-state index in [0.29, 0.717) is 11.6 Å². The second-order valence-corrected chi connectivity index (χ2v) is 8.37. The van der Waals surface area contributed by atoms with Crippen molar-refractivity contribution >= 4 is 17.4 Å². The van der Waals surface area contributed by atoms with Crippen LogP contribution in [0.3, 0.4) is 0 Å². The first kappa shape index (κ1) is 17.6. The van der Waals surface area contributed by atoms with Crippen molar-refractivity contribution in [2.24, 2.45) is 10.9 Å². The molecule has 2 saturated heterocycles. The van der Waals surface area contributed by atoms with Crippen LogP contribution in [0.4, 0.5) is 0 Å². The van der Waals surface area contributed by atoms with Crippen LogP contribution in [0.15, 0.2) is 4.99 Å². The van der Waals surface area contributed by atoms with Gasteiger partial charge in [-0.05, 0) is 63.1 Å². The highest BCUT2D eigenvalue weighted by molar-refractivity contribution is 7.78. The molecule has 1 saturated carbocycles. The summed E-state index contributed by atoms with van der Waals surface area (Å²) in [5.74, 6) is 0.959. The Labute approximate surface area is 148 Å². The molecular formula is C20H34N2S. The van der Waals surface area contributed by atoms with Crippen LogP contribution < -0.4 is 0 Å². The molecule has 3 rings (SSSR count).